The molecule has 4 aromatic rings. The zero-order valence-corrected chi connectivity index (χ0v) is 19.5. The Bertz CT molecular complexity index is 1340. The van der Waals surface area contributed by atoms with E-state index in [9.17, 15) is 9.59 Å². The van der Waals surface area contributed by atoms with Gasteiger partial charge in [-0.2, -0.15) is 0 Å². The fourth-order valence-electron chi connectivity index (χ4n) is 3.38. The van der Waals surface area contributed by atoms with Gasteiger partial charge in [0.25, 0.3) is 5.56 Å². The van der Waals surface area contributed by atoms with Crippen LogP contribution in [0.5, 0.6) is 0 Å². The van der Waals surface area contributed by atoms with Crippen LogP contribution in [0.4, 0.5) is 5.69 Å². The van der Waals surface area contributed by atoms with Crippen LogP contribution in [0.3, 0.4) is 0 Å². The molecule has 4 rings (SSSR count). The van der Waals surface area contributed by atoms with Gasteiger partial charge in [0.2, 0.25) is 5.91 Å². The van der Waals surface area contributed by atoms with E-state index < -0.39 is 0 Å². The summed E-state index contributed by atoms with van der Waals surface area (Å²) < 4.78 is 1.61. The molecule has 0 fully saturated rings. The molecule has 0 aliphatic rings. The van der Waals surface area contributed by atoms with E-state index >= 15 is 0 Å². The lowest BCUT2D eigenvalue weighted by atomic mass is 10.1. The van der Waals surface area contributed by atoms with Crippen molar-refractivity contribution < 1.29 is 4.79 Å². The summed E-state index contributed by atoms with van der Waals surface area (Å²) in [5.41, 5.74) is 4.58. The Hall–Kier alpha value is -2.90. The Kier molecular flexibility index (Phi) is 5.98. The lowest BCUT2D eigenvalue weighted by Gasteiger charge is -2.13. The van der Waals surface area contributed by atoms with Gasteiger partial charge >= 0.3 is 0 Å². The number of anilines is 1. The molecule has 5 nitrogen and oxygen atoms in total. The highest BCUT2D eigenvalue weighted by molar-refractivity contribution is 7.99. The third-order valence-electron chi connectivity index (χ3n) is 5.40. The van der Waals surface area contributed by atoms with Crippen LogP contribution in [0.15, 0.2) is 58.5 Å². The van der Waals surface area contributed by atoms with Gasteiger partial charge in [-0.15, -0.1) is 11.3 Å². The SMILES string of the molecule is Cc1cccc(NC(=O)CSc2nc3sc(C)c(C)c3c(=O)n2-c2ccccc2)c1C. The minimum atomic E-state index is -0.133. The summed E-state index contributed by atoms with van der Waals surface area (Å²) in [6, 6.07) is 15.3. The molecule has 0 aliphatic carbocycles. The fraction of sp³-hybridized carbons (Fsp3) is 0.208. The summed E-state index contributed by atoms with van der Waals surface area (Å²) in [5, 5.41) is 4.14. The van der Waals surface area contributed by atoms with E-state index in [4.69, 9.17) is 4.98 Å². The predicted molar refractivity (Wildman–Crippen MR) is 130 cm³/mol. The summed E-state index contributed by atoms with van der Waals surface area (Å²) in [5.74, 6) is 0.0211. The lowest BCUT2D eigenvalue weighted by molar-refractivity contribution is -0.113. The molecule has 0 bridgehead atoms. The molecule has 0 saturated heterocycles. The van der Waals surface area contributed by atoms with Gasteiger partial charge in [-0.05, 0) is 62.6 Å². The minimum Gasteiger partial charge on any atom is -0.325 e. The van der Waals surface area contributed by atoms with Crippen molar-refractivity contribution in [3.8, 4) is 5.69 Å². The highest BCUT2D eigenvalue weighted by Crippen LogP contribution is 2.29. The molecule has 1 N–H and O–H groups in total. The molecule has 0 unspecified atom stereocenters. The standard InChI is InChI=1S/C24H23N3O2S2/c1-14-9-8-12-19(15(14)2)25-20(28)13-30-24-26-22-21(16(3)17(4)31-22)23(29)27(24)18-10-6-5-7-11-18/h5-12H,13H2,1-4H3,(H,25,28). The fourth-order valence-corrected chi connectivity index (χ4v) is 5.26. The van der Waals surface area contributed by atoms with E-state index in [0.29, 0.717) is 15.4 Å². The molecule has 2 aromatic heterocycles. The molecule has 0 spiro atoms. The van der Waals surface area contributed by atoms with Crippen molar-refractivity contribution in [1.82, 2.24) is 9.55 Å². The number of nitrogens with one attached hydrogen (secondary N) is 1. The van der Waals surface area contributed by atoms with Crippen LogP contribution in [0.2, 0.25) is 0 Å². The number of thiophene rings is 1. The average molecular weight is 450 g/mol. The number of benzene rings is 2. The maximum Gasteiger partial charge on any atom is 0.267 e. The van der Waals surface area contributed by atoms with Gasteiger partial charge < -0.3 is 5.32 Å². The van der Waals surface area contributed by atoms with E-state index in [1.54, 1.807) is 4.57 Å². The first-order valence-electron chi connectivity index (χ1n) is 9.94. The van der Waals surface area contributed by atoms with Crippen molar-refractivity contribution in [3.63, 3.8) is 0 Å². The van der Waals surface area contributed by atoms with Gasteiger partial charge in [0.15, 0.2) is 5.16 Å². The van der Waals surface area contributed by atoms with Crippen LogP contribution in [0.1, 0.15) is 21.6 Å². The Morgan fingerprint density at radius 1 is 1.03 bits per heavy atom. The number of amides is 1. The number of aromatic nitrogens is 2. The number of carbonyl (C=O) groups excluding carboxylic acids is 1. The van der Waals surface area contributed by atoms with Gasteiger partial charge in [0, 0.05) is 10.6 Å². The van der Waals surface area contributed by atoms with E-state index in [0.717, 1.165) is 32.9 Å². The van der Waals surface area contributed by atoms with Gasteiger partial charge in [-0.25, -0.2) is 4.98 Å². The van der Waals surface area contributed by atoms with Crippen LogP contribution in [0, 0.1) is 27.7 Å². The molecule has 1 amide bonds. The molecule has 158 valence electrons. The topological polar surface area (TPSA) is 64.0 Å². The molecular formula is C24H23N3O2S2. The largest absolute Gasteiger partial charge is 0.325 e. The summed E-state index contributed by atoms with van der Waals surface area (Å²) in [4.78, 5) is 32.6. The zero-order valence-electron chi connectivity index (χ0n) is 17.9. The van der Waals surface area contributed by atoms with E-state index in [2.05, 4.69) is 5.32 Å². The van der Waals surface area contributed by atoms with Crippen molar-refractivity contribution >= 4 is 44.9 Å². The van der Waals surface area contributed by atoms with E-state index in [1.807, 2.05) is 76.2 Å². The van der Waals surface area contributed by atoms with E-state index in [1.165, 1.54) is 23.1 Å². The van der Waals surface area contributed by atoms with E-state index in [-0.39, 0.29) is 17.2 Å². The monoisotopic (exact) mass is 449 g/mol. The molecule has 31 heavy (non-hydrogen) atoms. The number of thioether (sulfide) groups is 1. The average Bonchev–Trinajstić information content (AvgIpc) is 3.04. The summed E-state index contributed by atoms with van der Waals surface area (Å²) >= 11 is 2.78. The zero-order chi connectivity index (χ0) is 22.1. The van der Waals surface area contributed by atoms with Crippen molar-refractivity contribution in [2.45, 2.75) is 32.9 Å². The second kappa shape index (κ2) is 8.69. The third kappa shape index (κ3) is 4.16. The number of hydrogen-bond acceptors (Lipinski definition) is 5. The Balaban J connectivity index is 1.69. The molecule has 0 aliphatic heterocycles. The van der Waals surface area contributed by atoms with Crippen molar-refractivity contribution in [2.75, 3.05) is 11.1 Å². The molecular weight excluding hydrogens is 426 g/mol. The second-order valence-electron chi connectivity index (χ2n) is 7.42. The van der Waals surface area contributed by atoms with Crippen molar-refractivity contribution in [3.05, 3.63) is 80.5 Å². The highest BCUT2D eigenvalue weighted by atomic mass is 32.2. The molecule has 0 saturated carbocycles. The quantitative estimate of drug-likeness (QED) is 0.327. The number of fused-ring (bicyclic) bond motifs is 1. The first-order valence-corrected chi connectivity index (χ1v) is 11.7. The Morgan fingerprint density at radius 3 is 2.52 bits per heavy atom. The first-order chi connectivity index (χ1) is 14.9. The summed E-state index contributed by atoms with van der Waals surface area (Å²) in [6.45, 7) is 7.96. The van der Waals surface area contributed by atoms with Crippen molar-refractivity contribution in [2.24, 2.45) is 0 Å². The highest BCUT2D eigenvalue weighted by Gasteiger charge is 2.19. The first kappa shape index (κ1) is 21.3. The number of rotatable bonds is 5. The van der Waals surface area contributed by atoms with Gasteiger partial charge in [-0.1, -0.05) is 42.1 Å². The Labute approximate surface area is 189 Å². The van der Waals surface area contributed by atoms with Crippen LogP contribution >= 0.6 is 23.1 Å². The van der Waals surface area contributed by atoms with Gasteiger partial charge in [0.05, 0.1) is 16.8 Å². The van der Waals surface area contributed by atoms with Gasteiger partial charge in [0.1, 0.15) is 4.83 Å². The number of carbonyl (C=O) groups is 1. The minimum absolute atomic E-state index is 0.101. The third-order valence-corrected chi connectivity index (χ3v) is 7.44. The number of aryl methyl sites for hydroxylation is 3. The van der Waals surface area contributed by atoms with Crippen LogP contribution in [-0.2, 0) is 4.79 Å². The maximum absolute atomic E-state index is 13.4. The van der Waals surface area contributed by atoms with Crippen LogP contribution in [0.25, 0.3) is 15.9 Å². The lowest BCUT2D eigenvalue weighted by Crippen LogP contribution is -2.23. The number of hydrogen-bond donors (Lipinski definition) is 1. The molecule has 0 atom stereocenters. The van der Waals surface area contributed by atoms with Crippen molar-refractivity contribution in [1.29, 1.82) is 0 Å². The Morgan fingerprint density at radius 2 is 1.77 bits per heavy atom. The second-order valence-corrected chi connectivity index (χ2v) is 9.56. The van der Waals surface area contributed by atoms with Crippen LogP contribution < -0.4 is 10.9 Å². The molecule has 2 heterocycles. The molecule has 0 radical (unpaired) electrons. The summed E-state index contributed by atoms with van der Waals surface area (Å²) in [6.07, 6.45) is 0. The predicted octanol–water partition coefficient (Wildman–Crippen LogP) is 5.41. The smallest absolute Gasteiger partial charge is 0.267 e. The van der Waals surface area contributed by atoms with Gasteiger partial charge in [-0.3, -0.25) is 14.2 Å². The number of nitrogens with zero attached hydrogens (tertiary/aromatic N) is 2. The maximum atomic E-state index is 13.4. The molecule has 2 aromatic carbocycles. The number of para-hydroxylation sites is 1. The molecule has 7 heteroatoms. The summed E-state index contributed by atoms with van der Waals surface area (Å²) in [7, 11) is 0. The van der Waals surface area contributed by atoms with Crippen LogP contribution in [-0.4, -0.2) is 21.2 Å². The normalized spacial score (nSPS) is 11.1.